The third-order valence-corrected chi connectivity index (χ3v) is 3.35. The van der Waals surface area contributed by atoms with Gasteiger partial charge in [-0.05, 0) is 6.92 Å². The number of rotatable bonds is 2. The first-order chi connectivity index (χ1) is 6.77. The Morgan fingerprint density at radius 2 is 2.57 bits per heavy atom. The summed E-state index contributed by atoms with van der Waals surface area (Å²) in [5.74, 6) is 0. The molecule has 0 amide bonds. The van der Waals surface area contributed by atoms with Crippen molar-refractivity contribution in [1.82, 2.24) is 14.5 Å². The van der Waals surface area contributed by atoms with Crippen LogP contribution in [0, 0.1) is 0 Å². The molecule has 78 valence electrons. The molecule has 0 N–H and O–H groups in total. The van der Waals surface area contributed by atoms with Gasteiger partial charge in [0.05, 0.1) is 13.2 Å². The Balaban J connectivity index is 1.99. The molecule has 0 unspecified atom stereocenters. The van der Waals surface area contributed by atoms with Gasteiger partial charge >= 0.3 is 0 Å². The molecule has 14 heavy (non-hydrogen) atoms. The van der Waals surface area contributed by atoms with Crippen molar-refractivity contribution < 1.29 is 4.74 Å². The zero-order valence-corrected chi connectivity index (χ0v) is 9.51. The van der Waals surface area contributed by atoms with Crippen LogP contribution in [0.4, 0.5) is 0 Å². The highest BCUT2D eigenvalue weighted by atomic mass is 35.5. The second-order valence-electron chi connectivity index (χ2n) is 3.39. The summed E-state index contributed by atoms with van der Waals surface area (Å²) >= 11 is 7.18. The molecule has 1 saturated heterocycles. The van der Waals surface area contributed by atoms with Crippen molar-refractivity contribution in [3.05, 3.63) is 10.0 Å². The minimum atomic E-state index is 0.432. The molecule has 6 heteroatoms. The number of hydrogen-bond acceptors (Lipinski definition) is 5. The second kappa shape index (κ2) is 4.53. The molecule has 1 fully saturated rings. The Bertz CT molecular complexity index is 307. The second-order valence-corrected chi connectivity index (χ2v) is 4.74. The highest BCUT2D eigenvalue weighted by Crippen LogP contribution is 2.20. The van der Waals surface area contributed by atoms with Gasteiger partial charge in [-0.2, -0.15) is 0 Å². The summed E-state index contributed by atoms with van der Waals surface area (Å²) in [6.07, 6.45) is 0. The quantitative estimate of drug-likeness (QED) is 0.774. The molecule has 0 spiro atoms. The third-order valence-electron chi connectivity index (χ3n) is 2.37. The number of halogens is 1. The summed E-state index contributed by atoms with van der Waals surface area (Å²) in [4.78, 5) is 2.31. The average molecular weight is 234 g/mol. The molecule has 0 radical (unpaired) electrons. The summed E-state index contributed by atoms with van der Waals surface area (Å²) in [6.45, 7) is 5.44. The molecule has 1 atom stereocenters. The number of ether oxygens (including phenoxy) is 1. The normalized spacial score (nSPS) is 24.0. The Kier molecular flexibility index (Phi) is 3.33. The maximum atomic E-state index is 5.94. The summed E-state index contributed by atoms with van der Waals surface area (Å²) in [5, 5.41) is 4.00. The lowest BCUT2D eigenvalue weighted by molar-refractivity contribution is -0.00489. The van der Waals surface area contributed by atoms with Crippen molar-refractivity contribution in [2.24, 2.45) is 0 Å². The van der Waals surface area contributed by atoms with Gasteiger partial charge < -0.3 is 4.74 Å². The van der Waals surface area contributed by atoms with Gasteiger partial charge in [-0.3, -0.25) is 4.90 Å². The van der Waals surface area contributed by atoms with Crippen molar-refractivity contribution in [2.75, 3.05) is 19.8 Å². The smallest absolute Gasteiger partial charge is 0.138 e. The van der Waals surface area contributed by atoms with E-state index in [1.807, 2.05) is 0 Å². The van der Waals surface area contributed by atoms with Crippen molar-refractivity contribution in [1.29, 1.82) is 0 Å². The Morgan fingerprint density at radius 1 is 1.71 bits per heavy atom. The number of nitrogens with zero attached hydrogens (tertiary/aromatic N) is 3. The minimum Gasteiger partial charge on any atom is -0.379 e. The molecule has 1 aromatic rings. The molecule has 0 bridgehead atoms. The van der Waals surface area contributed by atoms with E-state index < -0.39 is 0 Å². The molecule has 1 aliphatic rings. The van der Waals surface area contributed by atoms with Crippen LogP contribution in [0.3, 0.4) is 0 Å². The van der Waals surface area contributed by atoms with E-state index in [-0.39, 0.29) is 0 Å². The summed E-state index contributed by atoms with van der Waals surface area (Å²) in [5.41, 5.74) is 0.880. The summed E-state index contributed by atoms with van der Waals surface area (Å²) < 4.78 is 9.87. The molecule has 1 aromatic heterocycles. The van der Waals surface area contributed by atoms with Crippen molar-refractivity contribution in [2.45, 2.75) is 19.5 Å². The van der Waals surface area contributed by atoms with E-state index in [2.05, 4.69) is 21.4 Å². The van der Waals surface area contributed by atoms with Crippen molar-refractivity contribution in [3.63, 3.8) is 0 Å². The van der Waals surface area contributed by atoms with Crippen LogP contribution in [0.2, 0.25) is 4.34 Å². The highest BCUT2D eigenvalue weighted by Gasteiger charge is 2.20. The Labute approximate surface area is 92.0 Å². The lowest BCUT2D eigenvalue weighted by Gasteiger charge is -2.32. The molecule has 0 aliphatic carbocycles. The lowest BCUT2D eigenvalue weighted by Crippen LogP contribution is -2.43. The lowest BCUT2D eigenvalue weighted by atomic mass is 10.2. The van der Waals surface area contributed by atoms with Gasteiger partial charge in [0.2, 0.25) is 0 Å². The maximum absolute atomic E-state index is 5.94. The van der Waals surface area contributed by atoms with E-state index in [9.17, 15) is 0 Å². The number of morpholine rings is 1. The van der Waals surface area contributed by atoms with Gasteiger partial charge in [0.15, 0.2) is 0 Å². The molecule has 4 nitrogen and oxygen atoms in total. The Morgan fingerprint density at radius 3 is 3.21 bits per heavy atom. The summed E-state index contributed by atoms with van der Waals surface area (Å²) in [7, 11) is 0. The van der Waals surface area contributed by atoms with E-state index in [1.165, 1.54) is 11.5 Å². The Hall–Kier alpha value is -0.230. The maximum Gasteiger partial charge on any atom is 0.138 e. The molecule has 0 aromatic carbocycles. The van der Waals surface area contributed by atoms with E-state index in [1.54, 1.807) is 0 Å². The highest BCUT2D eigenvalue weighted by molar-refractivity contribution is 7.10. The first-order valence-electron chi connectivity index (χ1n) is 4.56. The van der Waals surface area contributed by atoms with E-state index in [0.29, 0.717) is 10.4 Å². The molecule has 2 rings (SSSR count). The van der Waals surface area contributed by atoms with Gasteiger partial charge in [0.1, 0.15) is 10.0 Å². The van der Waals surface area contributed by atoms with Crippen LogP contribution in [0.5, 0.6) is 0 Å². The van der Waals surface area contributed by atoms with Gasteiger partial charge in [-0.15, -0.1) is 5.10 Å². The first kappa shape index (κ1) is 10.3. The topological polar surface area (TPSA) is 38.2 Å². The molecular weight excluding hydrogens is 222 g/mol. The number of aromatic nitrogens is 2. The van der Waals surface area contributed by atoms with Crippen LogP contribution in [-0.4, -0.2) is 40.3 Å². The monoisotopic (exact) mass is 233 g/mol. The SMILES string of the molecule is C[C@@H]1COCCN1Cc1nnsc1Cl. The average Bonchev–Trinajstić information content (AvgIpc) is 2.56. The van der Waals surface area contributed by atoms with Crippen molar-refractivity contribution >= 4 is 23.1 Å². The predicted molar refractivity (Wildman–Crippen MR) is 55.6 cm³/mol. The molecule has 1 aliphatic heterocycles. The summed E-state index contributed by atoms with van der Waals surface area (Å²) in [6, 6.07) is 0.432. The zero-order valence-electron chi connectivity index (χ0n) is 7.94. The fraction of sp³-hybridized carbons (Fsp3) is 0.750. The fourth-order valence-electron chi connectivity index (χ4n) is 1.48. The molecule has 2 heterocycles. The van der Waals surface area contributed by atoms with Gasteiger partial charge in [-0.1, -0.05) is 16.1 Å². The van der Waals surface area contributed by atoms with Crippen LogP contribution in [-0.2, 0) is 11.3 Å². The minimum absolute atomic E-state index is 0.432. The largest absolute Gasteiger partial charge is 0.379 e. The standard InChI is InChI=1S/C8H12ClN3OS/c1-6-5-13-3-2-12(6)4-7-8(9)14-11-10-7/h6H,2-5H2,1H3/t6-/m1/s1. The van der Waals surface area contributed by atoms with E-state index in [0.717, 1.165) is 32.0 Å². The van der Waals surface area contributed by atoms with Gasteiger partial charge in [-0.25, -0.2) is 0 Å². The van der Waals surface area contributed by atoms with E-state index in [4.69, 9.17) is 16.3 Å². The van der Waals surface area contributed by atoms with E-state index >= 15 is 0 Å². The van der Waals surface area contributed by atoms with Crippen LogP contribution < -0.4 is 0 Å². The zero-order chi connectivity index (χ0) is 9.97. The van der Waals surface area contributed by atoms with Crippen LogP contribution in [0.25, 0.3) is 0 Å². The van der Waals surface area contributed by atoms with Gasteiger partial charge in [0.25, 0.3) is 0 Å². The fourth-order valence-corrected chi connectivity index (χ4v) is 2.09. The molecule has 0 saturated carbocycles. The van der Waals surface area contributed by atoms with Crippen molar-refractivity contribution in [3.8, 4) is 0 Å². The predicted octanol–water partition coefficient (Wildman–Crippen LogP) is 1.41. The van der Waals surface area contributed by atoms with Crippen LogP contribution in [0.15, 0.2) is 0 Å². The third kappa shape index (κ3) is 2.23. The van der Waals surface area contributed by atoms with Gasteiger partial charge in [0, 0.05) is 30.7 Å². The first-order valence-corrected chi connectivity index (χ1v) is 5.71. The number of hydrogen-bond donors (Lipinski definition) is 0. The molecular formula is C8H12ClN3OS. The van der Waals surface area contributed by atoms with Crippen LogP contribution in [0.1, 0.15) is 12.6 Å². The van der Waals surface area contributed by atoms with Crippen LogP contribution >= 0.6 is 23.1 Å².